The number of anilines is 1. The van der Waals surface area contributed by atoms with Gasteiger partial charge in [0.05, 0.1) is 0 Å². The second-order valence-corrected chi connectivity index (χ2v) is 12.3. The van der Waals surface area contributed by atoms with Crippen molar-refractivity contribution < 1.29 is 12.8 Å². The van der Waals surface area contributed by atoms with E-state index in [0.29, 0.717) is 29.9 Å². The zero-order valence-corrected chi connectivity index (χ0v) is 20.6. The van der Waals surface area contributed by atoms with E-state index in [0.717, 1.165) is 30.8 Å². The molecule has 3 aromatic rings. The van der Waals surface area contributed by atoms with E-state index >= 15 is 4.39 Å². The molecule has 0 N–H and O–H groups in total. The van der Waals surface area contributed by atoms with Gasteiger partial charge in [-0.05, 0) is 55.7 Å². The normalized spacial score (nSPS) is 30.1. The minimum absolute atomic E-state index is 0.0555. The molecule has 0 radical (unpaired) electrons. The lowest BCUT2D eigenvalue weighted by molar-refractivity contribution is 0.0579. The summed E-state index contributed by atoms with van der Waals surface area (Å²) in [5, 5.41) is 7.30. The number of hydrogen-bond donors (Lipinski definition) is 0. The molecule has 0 spiro atoms. The maximum atomic E-state index is 15.3. The van der Waals surface area contributed by atoms with Gasteiger partial charge in [-0.3, -0.25) is 0 Å². The zero-order chi connectivity index (χ0) is 24.2. The molecule has 3 aliphatic heterocycles. The number of fused-ring (bicyclic) bond motifs is 2. The summed E-state index contributed by atoms with van der Waals surface area (Å²) >= 11 is 0. The van der Waals surface area contributed by atoms with Crippen molar-refractivity contribution in [2.45, 2.75) is 50.1 Å². The number of halogens is 1. The highest BCUT2D eigenvalue weighted by molar-refractivity contribution is 7.89. The molecule has 2 bridgehead atoms. The Morgan fingerprint density at radius 2 is 1.71 bits per heavy atom. The van der Waals surface area contributed by atoms with Gasteiger partial charge in [0.1, 0.15) is 23.7 Å². The molecule has 35 heavy (non-hydrogen) atoms. The van der Waals surface area contributed by atoms with E-state index in [1.807, 2.05) is 43.3 Å². The SMILES string of the molecule is CC1CCC(c2ccccc2)S(=O)(=O)N1Cc1ccc(N2C[C@H]3C[C@@H](C2)[C@H]3n2cnnc2)cc1F. The molecule has 4 heterocycles. The fraction of sp³-hybridized carbons (Fsp3) is 0.462. The Balaban J connectivity index is 1.18. The highest BCUT2D eigenvalue weighted by Crippen LogP contribution is 2.49. The van der Waals surface area contributed by atoms with Crippen LogP contribution in [0.15, 0.2) is 61.2 Å². The van der Waals surface area contributed by atoms with Crippen LogP contribution in [0.25, 0.3) is 0 Å². The van der Waals surface area contributed by atoms with Crippen molar-refractivity contribution in [2.75, 3.05) is 18.0 Å². The molecule has 1 aliphatic carbocycles. The summed E-state index contributed by atoms with van der Waals surface area (Å²) in [6, 6.07) is 14.9. The third kappa shape index (κ3) is 3.94. The van der Waals surface area contributed by atoms with E-state index in [1.54, 1.807) is 24.8 Å². The van der Waals surface area contributed by atoms with Crippen LogP contribution in [-0.2, 0) is 16.6 Å². The molecule has 5 atom stereocenters. The molecule has 7 nitrogen and oxygen atoms in total. The molecule has 2 unspecified atom stereocenters. The van der Waals surface area contributed by atoms with Gasteiger partial charge in [-0.15, -0.1) is 10.2 Å². The third-order valence-electron chi connectivity index (χ3n) is 8.19. The Labute approximate surface area is 205 Å². The Bertz CT molecular complexity index is 1290. The first-order chi connectivity index (χ1) is 16.9. The average Bonchev–Trinajstić information content (AvgIpc) is 3.36. The quantitative estimate of drug-likeness (QED) is 0.531. The van der Waals surface area contributed by atoms with Gasteiger partial charge in [-0.25, -0.2) is 12.8 Å². The predicted molar refractivity (Wildman–Crippen MR) is 132 cm³/mol. The van der Waals surface area contributed by atoms with E-state index in [4.69, 9.17) is 0 Å². The van der Waals surface area contributed by atoms with Crippen molar-refractivity contribution in [3.05, 3.63) is 78.1 Å². The van der Waals surface area contributed by atoms with E-state index < -0.39 is 15.3 Å². The molecule has 184 valence electrons. The molecule has 9 heteroatoms. The lowest BCUT2D eigenvalue weighted by atomic mass is 9.66. The van der Waals surface area contributed by atoms with E-state index in [-0.39, 0.29) is 18.4 Å². The zero-order valence-electron chi connectivity index (χ0n) is 19.7. The summed E-state index contributed by atoms with van der Waals surface area (Å²) in [5.41, 5.74) is 2.08. The van der Waals surface area contributed by atoms with E-state index in [2.05, 4.69) is 19.7 Å². The first-order valence-electron chi connectivity index (χ1n) is 12.3. The highest BCUT2D eigenvalue weighted by atomic mass is 32.2. The van der Waals surface area contributed by atoms with Crippen molar-refractivity contribution in [1.29, 1.82) is 0 Å². The number of aromatic nitrogens is 3. The Kier molecular flexibility index (Phi) is 5.64. The molecule has 3 saturated heterocycles. The van der Waals surface area contributed by atoms with Crippen LogP contribution in [0.1, 0.15) is 48.6 Å². The van der Waals surface area contributed by atoms with Gasteiger partial charge < -0.3 is 9.47 Å². The molecule has 2 aromatic carbocycles. The van der Waals surface area contributed by atoms with E-state index in [1.165, 1.54) is 10.7 Å². The minimum atomic E-state index is -3.60. The third-order valence-corrected chi connectivity index (χ3v) is 10.6. The smallest absolute Gasteiger partial charge is 0.221 e. The number of nitrogens with zero attached hydrogens (tertiary/aromatic N) is 5. The molecule has 1 aromatic heterocycles. The second-order valence-electron chi connectivity index (χ2n) is 10.3. The summed E-state index contributed by atoms with van der Waals surface area (Å²) in [5.74, 6) is 0.657. The average molecular weight is 496 g/mol. The summed E-state index contributed by atoms with van der Waals surface area (Å²) in [4.78, 5) is 2.25. The standard InChI is InChI=1S/C26H30FN5O2S/c1-18-7-10-25(19-5-3-2-4-6-19)35(33,34)32(18)15-20-8-9-23(12-24(20)27)30-13-21-11-22(14-30)26(21)31-16-28-29-17-31/h2-6,8-9,12,16-18,21-22,25-26H,7,10-11,13-15H2,1H3/t18?,21-,22+,25?,26+. The molecule has 4 aliphatic rings. The van der Waals surface area contributed by atoms with Gasteiger partial charge in [-0.2, -0.15) is 4.31 Å². The van der Waals surface area contributed by atoms with Crippen molar-refractivity contribution in [3.8, 4) is 0 Å². The van der Waals surface area contributed by atoms with Crippen molar-refractivity contribution >= 4 is 15.7 Å². The number of hydrogen-bond acceptors (Lipinski definition) is 5. The second kappa shape index (κ2) is 8.71. The summed E-state index contributed by atoms with van der Waals surface area (Å²) in [7, 11) is -3.60. The van der Waals surface area contributed by atoms with Gasteiger partial charge in [0.25, 0.3) is 0 Å². The fourth-order valence-electron chi connectivity index (χ4n) is 6.30. The number of piperidine rings is 2. The topological polar surface area (TPSA) is 71.3 Å². The lowest BCUT2D eigenvalue weighted by Crippen LogP contribution is -2.55. The first kappa shape index (κ1) is 22.7. The Morgan fingerprint density at radius 3 is 2.40 bits per heavy atom. The summed E-state index contributed by atoms with van der Waals surface area (Å²) in [6.07, 6.45) is 6.08. The predicted octanol–water partition coefficient (Wildman–Crippen LogP) is 4.17. The van der Waals surface area contributed by atoms with Crippen LogP contribution in [0, 0.1) is 17.7 Å². The largest absolute Gasteiger partial charge is 0.371 e. The fourth-order valence-corrected chi connectivity index (χ4v) is 8.49. The van der Waals surface area contributed by atoms with Crippen molar-refractivity contribution in [1.82, 2.24) is 19.1 Å². The van der Waals surface area contributed by atoms with Crippen LogP contribution < -0.4 is 4.90 Å². The van der Waals surface area contributed by atoms with Crippen LogP contribution in [-0.4, -0.2) is 46.6 Å². The van der Waals surface area contributed by atoms with Crippen LogP contribution in [0.5, 0.6) is 0 Å². The first-order valence-corrected chi connectivity index (χ1v) is 13.8. The van der Waals surface area contributed by atoms with Crippen LogP contribution >= 0.6 is 0 Å². The van der Waals surface area contributed by atoms with Crippen LogP contribution in [0.4, 0.5) is 10.1 Å². The monoisotopic (exact) mass is 495 g/mol. The van der Waals surface area contributed by atoms with Gasteiger partial charge >= 0.3 is 0 Å². The van der Waals surface area contributed by atoms with Gasteiger partial charge in [0.15, 0.2) is 0 Å². The van der Waals surface area contributed by atoms with Gasteiger partial charge in [0.2, 0.25) is 10.0 Å². The molecule has 4 fully saturated rings. The lowest BCUT2D eigenvalue weighted by Gasteiger charge is -2.54. The molecule has 0 amide bonds. The Morgan fingerprint density at radius 1 is 1.00 bits per heavy atom. The number of rotatable bonds is 5. The van der Waals surface area contributed by atoms with Crippen LogP contribution in [0.3, 0.4) is 0 Å². The minimum Gasteiger partial charge on any atom is -0.371 e. The van der Waals surface area contributed by atoms with Crippen molar-refractivity contribution in [2.24, 2.45) is 11.8 Å². The summed E-state index contributed by atoms with van der Waals surface area (Å²) < 4.78 is 45.9. The maximum absolute atomic E-state index is 15.3. The highest BCUT2D eigenvalue weighted by Gasteiger charge is 2.48. The number of benzene rings is 2. The maximum Gasteiger partial charge on any atom is 0.221 e. The summed E-state index contributed by atoms with van der Waals surface area (Å²) in [6.45, 7) is 3.71. The van der Waals surface area contributed by atoms with Crippen molar-refractivity contribution in [3.63, 3.8) is 0 Å². The number of sulfonamides is 1. The molecule has 7 rings (SSSR count). The Hall–Kier alpha value is -2.78. The van der Waals surface area contributed by atoms with E-state index in [9.17, 15) is 8.42 Å². The molecular formula is C26H30FN5O2S. The van der Waals surface area contributed by atoms with Gasteiger partial charge in [0, 0.05) is 43.0 Å². The molecular weight excluding hydrogens is 465 g/mol. The van der Waals surface area contributed by atoms with Gasteiger partial charge in [-0.1, -0.05) is 36.4 Å². The van der Waals surface area contributed by atoms with Crippen LogP contribution in [0.2, 0.25) is 0 Å². The molecule has 1 saturated carbocycles.